The van der Waals surface area contributed by atoms with Crippen molar-refractivity contribution in [3.05, 3.63) is 84.4 Å². The fraction of sp³-hybridized carbons (Fsp3) is 0.174. The minimum atomic E-state index is -3.47. The second kappa shape index (κ2) is 9.54. The molecule has 0 aliphatic rings. The molecule has 0 saturated heterocycles. The summed E-state index contributed by atoms with van der Waals surface area (Å²) in [5.74, 6) is -0.861. The van der Waals surface area contributed by atoms with Gasteiger partial charge in [-0.05, 0) is 48.4 Å². The number of sulfone groups is 1. The maximum absolute atomic E-state index is 14.2. The van der Waals surface area contributed by atoms with Crippen molar-refractivity contribution in [3.63, 3.8) is 0 Å². The van der Waals surface area contributed by atoms with Crippen LogP contribution in [0.5, 0.6) is 0 Å². The lowest BCUT2D eigenvalue weighted by atomic mass is 10.2. The molecule has 0 N–H and O–H groups in total. The molecule has 2 heterocycles. The van der Waals surface area contributed by atoms with Crippen molar-refractivity contribution in [2.75, 3.05) is 10.7 Å². The molecule has 0 saturated carbocycles. The largest absolute Gasteiger partial charge is 0.284 e. The van der Waals surface area contributed by atoms with Crippen LogP contribution in [-0.2, 0) is 21.2 Å². The Hall–Kier alpha value is -3.17. The van der Waals surface area contributed by atoms with Gasteiger partial charge in [0.1, 0.15) is 11.3 Å². The van der Waals surface area contributed by atoms with Crippen LogP contribution in [-0.4, -0.2) is 30.0 Å². The summed E-state index contributed by atoms with van der Waals surface area (Å²) in [5.41, 5.74) is 1.05. The highest BCUT2D eigenvalue weighted by molar-refractivity contribution is 7.91. The van der Waals surface area contributed by atoms with Crippen LogP contribution in [0.1, 0.15) is 18.4 Å². The maximum atomic E-state index is 14.2. The monoisotopic (exact) mass is 469 g/mol. The maximum Gasteiger partial charge on any atom is 0.229 e. The van der Waals surface area contributed by atoms with E-state index in [0.29, 0.717) is 9.83 Å². The summed E-state index contributed by atoms with van der Waals surface area (Å²) < 4.78 is 39.8. The molecule has 9 heteroatoms. The SMILES string of the molecule is O=C(CCCS(=O)(=O)c1ccccc1)N(Cc1ccncc1)c1nc2c(F)cccc2s1. The van der Waals surface area contributed by atoms with Crippen LogP contribution >= 0.6 is 11.3 Å². The molecule has 0 unspecified atom stereocenters. The fourth-order valence-corrected chi connectivity index (χ4v) is 5.57. The summed E-state index contributed by atoms with van der Waals surface area (Å²) in [5, 5.41) is 0.373. The van der Waals surface area contributed by atoms with Crippen LogP contribution in [0.15, 0.2) is 78.0 Å². The standard InChI is InChI=1S/C23H20FN3O3S2/c24-19-8-4-9-20-22(19)26-23(31-20)27(16-17-11-13-25-14-12-17)21(28)10-5-15-32(29,30)18-6-2-1-3-7-18/h1-4,6-9,11-14H,5,10,15-16H2. The van der Waals surface area contributed by atoms with Crippen molar-refractivity contribution in [3.8, 4) is 0 Å². The normalized spacial score (nSPS) is 11.5. The smallest absolute Gasteiger partial charge is 0.229 e. The van der Waals surface area contributed by atoms with E-state index in [4.69, 9.17) is 0 Å². The Morgan fingerprint density at radius 3 is 2.47 bits per heavy atom. The van der Waals surface area contributed by atoms with Gasteiger partial charge >= 0.3 is 0 Å². The van der Waals surface area contributed by atoms with Crippen LogP contribution in [0.4, 0.5) is 9.52 Å². The first-order valence-corrected chi connectivity index (χ1v) is 12.4. The van der Waals surface area contributed by atoms with Crippen LogP contribution in [0.2, 0.25) is 0 Å². The number of thiazole rings is 1. The van der Waals surface area contributed by atoms with Gasteiger partial charge in [0.25, 0.3) is 0 Å². The number of pyridine rings is 1. The van der Waals surface area contributed by atoms with Crippen molar-refractivity contribution in [2.45, 2.75) is 24.3 Å². The Morgan fingerprint density at radius 2 is 1.75 bits per heavy atom. The van der Waals surface area contributed by atoms with E-state index < -0.39 is 15.7 Å². The molecular formula is C23H20FN3O3S2. The fourth-order valence-electron chi connectivity index (χ4n) is 3.25. The van der Waals surface area contributed by atoms with Crippen LogP contribution in [0.25, 0.3) is 10.2 Å². The van der Waals surface area contributed by atoms with E-state index in [1.54, 1.807) is 67.0 Å². The van der Waals surface area contributed by atoms with Gasteiger partial charge in [0.2, 0.25) is 5.91 Å². The zero-order valence-electron chi connectivity index (χ0n) is 17.0. The Kier molecular flexibility index (Phi) is 6.57. The van der Waals surface area contributed by atoms with E-state index in [1.807, 2.05) is 0 Å². The summed E-state index contributed by atoms with van der Waals surface area (Å²) in [6.45, 7) is 0.230. The summed E-state index contributed by atoms with van der Waals surface area (Å²) in [6.07, 6.45) is 3.45. The number of fused-ring (bicyclic) bond motifs is 1. The highest BCUT2D eigenvalue weighted by Crippen LogP contribution is 2.31. The molecule has 0 fully saturated rings. The summed E-state index contributed by atoms with van der Waals surface area (Å²) >= 11 is 1.22. The summed E-state index contributed by atoms with van der Waals surface area (Å²) in [4.78, 5) is 23.2. The first-order chi connectivity index (χ1) is 15.4. The highest BCUT2D eigenvalue weighted by atomic mass is 32.2. The lowest BCUT2D eigenvalue weighted by molar-refractivity contribution is -0.118. The number of rotatable bonds is 8. The third kappa shape index (κ3) is 5.00. The Morgan fingerprint density at radius 1 is 1.00 bits per heavy atom. The summed E-state index contributed by atoms with van der Waals surface area (Å²) in [7, 11) is -3.47. The average Bonchev–Trinajstić information content (AvgIpc) is 3.24. The van der Waals surface area contributed by atoms with Gasteiger partial charge in [-0.1, -0.05) is 35.6 Å². The molecular weight excluding hydrogens is 449 g/mol. The first kappa shape index (κ1) is 22.0. The number of benzene rings is 2. The molecule has 6 nitrogen and oxygen atoms in total. The molecule has 164 valence electrons. The van der Waals surface area contributed by atoms with Crippen molar-refractivity contribution in [2.24, 2.45) is 0 Å². The van der Waals surface area contributed by atoms with Crippen molar-refractivity contribution in [1.82, 2.24) is 9.97 Å². The quantitative estimate of drug-likeness (QED) is 0.376. The molecule has 1 amide bonds. The molecule has 0 atom stereocenters. The topological polar surface area (TPSA) is 80.2 Å². The number of para-hydroxylation sites is 1. The van der Waals surface area contributed by atoms with Gasteiger partial charge in [-0.2, -0.15) is 0 Å². The molecule has 0 aliphatic heterocycles. The molecule has 2 aromatic heterocycles. The zero-order chi connectivity index (χ0) is 22.6. The average molecular weight is 470 g/mol. The summed E-state index contributed by atoms with van der Waals surface area (Å²) in [6, 6.07) is 16.4. The third-order valence-electron chi connectivity index (χ3n) is 4.89. The number of carbonyl (C=O) groups excluding carboxylic acids is 1. The predicted molar refractivity (Wildman–Crippen MR) is 123 cm³/mol. The minimum Gasteiger partial charge on any atom is -0.284 e. The zero-order valence-corrected chi connectivity index (χ0v) is 18.7. The van der Waals surface area contributed by atoms with E-state index in [1.165, 1.54) is 22.3 Å². The number of nitrogens with zero attached hydrogens (tertiary/aromatic N) is 3. The number of anilines is 1. The molecule has 0 radical (unpaired) electrons. The van der Waals surface area contributed by atoms with Gasteiger partial charge < -0.3 is 0 Å². The van der Waals surface area contributed by atoms with Crippen LogP contribution in [0, 0.1) is 5.82 Å². The second-order valence-corrected chi connectivity index (χ2v) is 10.3. The first-order valence-electron chi connectivity index (χ1n) is 9.96. The molecule has 0 aliphatic carbocycles. The minimum absolute atomic E-state index is 0.0234. The van der Waals surface area contributed by atoms with Crippen LogP contribution < -0.4 is 4.90 Å². The van der Waals surface area contributed by atoms with Gasteiger partial charge in [0.05, 0.1) is 21.9 Å². The Balaban J connectivity index is 1.54. The van der Waals surface area contributed by atoms with Gasteiger partial charge in [0.15, 0.2) is 15.0 Å². The third-order valence-corrected chi connectivity index (χ3v) is 7.75. The molecule has 0 bridgehead atoms. The molecule has 4 aromatic rings. The van der Waals surface area contributed by atoms with Crippen molar-refractivity contribution in [1.29, 1.82) is 0 Å². The van der Waals surface area contributed by atoms with Crippen LogP contribution in [0.3, 0.4) is 0 Å². The van der Waals surface area contributed by atoms with E-state index in [0.717, 1.165) is 5.56 Å². The second-order valence-electron chi connectivity index (χ2n) is 7.15. The van der Waals surface area contributed by atoms with E-state index >= 15 is 0 Å². The van der Waals surface area contributed by atoms with E-state index in [-0.39, 0.29) is 41.5 Å². The molecule has 32 heavy (non-hydrogen) atoms. The van der Waals surface area contributed by atoms with E-state index in [2.05, 4.69) is 9.97 Å². The van der Waals surface area contributed by atoms with Crippen molar-refractivity contribution >= 4 is 42.4 Å². The molecule has 0 spiro atoms. The van der Waals surface area contributed by atoms with Gasteiger partial charge in [-0.25, -0.2) is 17.8 Å². The number of hydrogen-bond donors (Lipinski definition) is 0. The van der Waals surface area contributed by atoms with Crippen molar-refractivity contribution < 1.29 is 17.6 Å². The number of aromatic nitrogens is 2. The lowest BCUT2D eigenvalue weighted by Gasteiger charge is -2.20. The highest BCUT2D eigenvalue weighted by Gasteiger charge is 2.22. The molecule has 2 aromatic carbocycles. The number of halogens is 1. The Bertz CT molecular complexity index is 1330. The van der Waals surface area contributed by atoms with E-state index in [9.17, 15) is 17.6 Å². The lowest BCUT2D eigenvalue weighted by Crippen LogP contribution is -2.30. The van der Waals surface area contributed by atoms with Gasteiger partial charge in [-0.15, -0.1) is 0 Å². The molecule has 4 rings (SSSR count). The number of amides is 1. The number of hydrogen-bond acceptors (Lipinski definition) is 6. The predicted octanol–water partition coefficient (Wildman–Crippen LogP) is 4.62. The van der Waals surface area contributed by atoms with Gasteiger partial charge in [-0.3, -0.25) is 14.7 Å². The Labute approximate surface area is 189 Å². The number of carbonyl (C=O) groups is 1. The van der Waals surface area contributed by atoms with Gasteiger partial charge in [0, 0.05) is 18.8 Å².